The van der Waals surface area contributed by atoms with Crippen molar-refractivity contribution in [2.24, 2.45) is 0 Å². The van der Waals surface area contributed by atoms with Crippen molar-refractivity contribution in [1.29, 1.82) is 0 Å². The Labute approximate surface area is 97.4 Å². The Balaban J connectivity index is 2.31. The minimum Gasteiger partial charge on any atom is -0.305 e. The summed E-state index contributed by atoms with van der Waals surface area (Å²) in [7, 11) is 0. The summed E-state index contributed by atoms with van der Waals surface area (Å²) in [6, 6.07) is 9.75. The Morgan fingerprint density at radius 2 is 1.94 bits per heavy atom. The van der Waals surface area contributed by atoms with Crippen molar-refractivity contribution in [2.75, 3.05) is 0 Å². The predicted molar refractivity (Wildman–Crippen MR) is 65.2 cm³/mol. The number of nitrogens with one attached hydrogen (secondary N) is 1. The van der Waals surface area contributed by atoms with E-state index in [1.54, 1.807) is 6.08 Å². The molecule has 1 aromatic heterocycles. The third-order valence-electron chi connectivity index (χ3n) is 2.04. The zero-order valence-electron chi connectivity index (χ0n) is 8.35. The fraction of sp³-hybridized carbons (Fsp3) is 0. The van der Waals surface area contributed by atoms with E-state index in [1.165, 1.54) is 6.20 Å². The van der Waals surface area contributed by atoms with Gasteiger partial charge in [-0.2, -0.15) is 0 Å². The van der Waals surface area contributed by atoms with Gasteiger partial charge >= 0.3 is 5.69 Å². The van der Waals surface area contributed by atoms with Crippen LogP contribution in [0.1, 0.15) is 11.3 Å². The highest BCUT2D eigenvalue weighted by molar-refractivity contribution is 6.31. The molecule has 0 unspecified atom stereocenters. The Morgan fingerprint density at radius 1 is 1.19 bits per heavy atom. The number of aromatic amines is 1. The van der Waals surface area contributed by atoms with Crippen LogP contribution in [0.25, 0.3) is 12.2 Å². The van der Waals surface area contributed by atoms with Gasteiger partial charge in [0, 0.05) is 0 Å². The van der Waals surface area contributed by atoms with Crippen LogP contribution in [0.3, 0.4) is 0 Å². The van der Waals surface area contributed by atoms with E-state index < -0.39 is 5.69 Å². The highest BCUT2D eigenvalue weighted by atomic mass is 35.5. The number of halogens is 1. The first-order chi connectivity index (χ1) is 7.75. The van der Waals surface area contributed by atoms with Gasteiger partial charge in [0.1, 0.15) is 0 Å². The molecular formula is C12H9ClN2O. The lowest BCUT2D eigenvalue weighted by Gasteiger charge is -1.96. The number of benzene rings is 1. The molecule has 0 saturated heterocycles. The van der Waals surface area contributed by atoms with Gasteiger partial charge in [0.05, 0.1) is 16.9 Å². The minimum atomic E-state index is -0.405. The number of hydrogen-bond donors (Lipinski definition) is 1. The summed E-state index contributed by atoms with van der Waals surface area (Å²) in [5.41, 5.74) is 1.19. The first kappa shape index (κ1) is 10.6. The third kappa shape index (κ3) is 2.58. The van der Waals surface area contributed by atoms with E-state index >= 15 is 0 Å². The van der Waals surface area contributed by atoms with Crippen LogP contribution in [0.15, 0.2) is 41.3 Å². The summed E-state index contributed by atoms with van der Waals surface area (Å²) < 4.78 is 0. The zero-order valence-corrected chi connectivity index (χ0v) is 9.11. The summed E-state index contributed by atoms with van der Waals surface area (Å²) >= 11 is 5.88. The Kier molecular flexibility index (Phi) is 3.17. The topological polar surface area (TPSA) is 45.8 Å². The molecule has 0 aliphatic carbocycles. The van der Waals surface area contributed by atoms with Gasteiger partial charge in [-0.1, -0.05) is 48.0 Å². The van der Waals surface area contributed by atoms with E-state index in [-0.39, 0.29) is 0 Å². The smallest absolute Gasteiger partial charge is 0.305 e. The predicted octanol–water partition coefficient (Wildman–Crippen LogP) is 2.59. The fourth-order valence-corrected chi connectivity index (χ4v) is 1.42. The van der Waals surface area contributed by atoms with Crippen molar-refractivity contribution < 1.29 is 0 Å². The molecule has 3 nitrogen and oxygen atoms in total. The molecule has 80 valence electrons. The Morgan fingerprint density at radius 3 is 2.69 bits per heavy atom. The molecule has 0 aliphatic rings. The van der Waals surface area contributed by atoms with E-state index in [2.05, 4.69) is 9.97 Å². The van der Waals surface area contributed by atoms with Crippen LogP contribution in [0, 0.1) is 0 Å². The molecule has 0 amide bonds. The van der Waals surface area contributed by atoms with Crippen LogP contribution in [-0.2, 0) is 0 Å². The quantitative estimate of drug-likeness (QED) is 0.865. The molecule has 0 fully saturated rings. The van der Waals surface area contributed by atoms with Crippen LogP contribution in [0.2, 0.25) is 5.02 Å². The molecule has 1 aromatic carbocycles. The molecule has 4 heteroatoms. The summed E-state index contributed by atoms with van der Waals surface area (Å²) in [5.74, 6) is 0. The second kappa shape index (κ2) is 4.77. The van der Waals surface area contributed by atoms with Crippen LogP contribution in [0.5, 0.6) is 0 Å². The maximum atomic E-state index is 11.0. The van der Waals surface area contributed by atoms with Crippen LogP contribution < -0.4 is 5.69 Å². The van der Waals surface area contributed by atoms with E-state index in [0.29, 0.717) is 10.7 Å². The van der Waals surface area contributed by atoms with Gasteiger partial charge in [-0.15, -0.1) is 0 Å². The van der Waals surface area contributed by atoms with E-state index in [0.717, 1.165) is 5.56 Å². The first-order valence-electron chi connectivity index (χ1n) is 4.73. The second-order valence-electron chi connectivity index (χ2n) is 3.19. The van der Waals surface area contributed by atoms with Gasteiger partial charge in [-0.3, -0.25) is 0 Å². The fourth-order valence-electron chi connectivity index (χ4n) is 1.26. The number of hydrogen-bond acceptors (Lipinski definition) is 2. The van der Waals surface area contributed by atoms with Crippen molar-refractivity contribution in [3.05, 3.63) is 63.3 Å². The van der Waals surface area contributed by atoms with E-state index in [4.69, 9.17) is 11.6 Å². The average Bonchev–Trinajstić information content (AvgIpc) is 2.32. The lowest BCUT2D eigenvalue weighted by molar-refractivity contribution is 1.06. The summed E-state index contributed by atoms with van der Waals surface area (Å²) in [4.78, 5) is 17.1. The van der Waals surface area contributed by atoms with Crippen molar-refractivity contribution in [2.45, 2.75) is 0 Å². The van der Waals surface area contributed by atoms with Crippen LogP contribution in [0.4, 0.5) is 0 Å². The largest absolute Gasteiger partial charge is 0.345 e. The number of nitrogens with zero attached hydrogens (tertiary/aromatic N) is 1. The highest BCUT2D eigenvalue weighted by Crippen LogP contribution is 2.13. The van der Waals surface area contributed by atoms with Gasteiger partial charge in [0.15, 0.2) is 0 Å². The molecule has 0 saturated carbocycles. The molecule has 0 atom stereocenters. The Bertz CT molecular complexity index is 561. The molecule has 0 radical (unpaired) electrons. The SMILES string of the molecule is O=c1ncc(Cl)c(/C=C/c2ccccc2)[nH]1. The third-order valence-corrected chi connectivity index (χ3v) is 2.34. The first-order valence-corrected chi connectivity index (χ1v) is 5.11. The summed E-state index contributed by atoms with van der Waals surface area (Å²) in [6.45, 7) is 0. The number of rotatable bonds is 2. The average molecular weight is 233 g/mol. The van der Waals surface area contributed by atoms with Gasteiger partial charge in [-0.25, -0.2) is 9.78 Å². The van der Waals surface area contributed by atoms with Gasteiger partial charge in [0.25, 0.3) is 0 Å². The molecule has 0 spiro atoms. The van der Waals surface area contributed by atoms with Crippen molar-refractivity contribution in [1.82, 2.24) is 9.97 Å². The maximum Gasteiger partial charge on any atom is 0.345 e. The molecule has 1 heterocycles. The van der Waals surface area contributed by atoms with Crippen LogP contribution in [-0.4, -0.2) is 9.97 Å². The Hall–Kier alpha value is -1.87. The maximum absolute atomic E-state index is 11.0. The van der Waals surface area contributed by atoms with Gasteiger partial charge in [0.2, 0.25) is 0 Å². The minimum absolute atomic E-state index is 0.405. The number of aromatic nitrogens is 2. The van der Waals surface area contributed by atoms with Gasteiger partial charge in [-0.05, 0) is 11.6 Å². The lowest BCUT2D eigenvalue weighted by Crippen LogP contribution is -2.10. The molecule has 0 bridgehead atoms. The summed E-state index contributed by atoms with van der Waals surface area (Å²) in [6.07, 6.45) is 4.96. The number of H-pyrrole nitrogens is 1. The molecule has 2 aromatic rings. The van der Waals surface area contributed by atoms with E-state index in [1.807, 2.05) is 36.4 Å². The monoisotopic (exact) mass is 232 g/mol. The molecule has 2 rings (SSSR count). The molecule has 16 heavy (non-hydrogen) atoms. The molecule has 0 aliphatic heterocycles. The van der Waals surface area contributed by atoms with Crippen LogP contribution >= 0.6 is 11.6 Å². The van der Waals surface area contributed by atoms with Crippen molar-refractivity contribution >= 4 is 23.8 Å². The zero-order chi connectivity index (χ0) is 11.4. The lowest BCUT2D eigenvalue weighted by atomic mass is 10.2. The van der Waals surface area contributed by atoms with Gasteiger partial charge < -0.3 is 4.98 Å². The second-order valence-corrected chi connectivity index (χ2v) is 3.60. The normalized spacial score (nSPS) is 10.8. The van der Waals surface area contributed by atoms with E-state index in [9.17, 15) is 4.79 Å². The van der Waals surface area contributed by atoms with Crippen molar-refractivity contribution in [3.63, 3.8) is 0 Å². The highest BCUT2D eigenvalue weighted by Gasteiger charge is 1.97. The molecule has 1 N–H and O–H groups in total. The van der Waals surface area contributed by atoms with Crippen molar-refractivity contribution in [3.8, 4) is 0 Å². The summed E-state index contributed by atoms with van der Waals surface area (Å²) in [5, 5.41) is 0.423. The molecular weight excluding hydrogens is 224 g/mol. The standard InChI is InChI=1S/C12H9ClN2O/c13-10-8-14-12(16)15-11(10)7-6-9-4-2-1-3-5-9/h1-8H,(H,14,15,16)/b7-6+.